The summed E-state index contributed by atoms with van der Waals surface area (Å²) in [6.45, 7) is 9.83. The number of carbonyl (C=O) groups is 2. The molecule has 0 aliphatic carbocycles. The lowest BCUT2D eigenvalue weighted by atomic mass is 9.86. The van der Waals surface area contributed by atoms with Crippen LogP contribution >= 0.6 is 0 Å². The fraction of sp³-hybridized carbons (Fsp3) is 0.391. The number of hydrogen-bond acceptors (Lipinski definition) is 3. The number of carbonyl (C=O) groups excluding carboxylic acids is 2. The maximum absolute atomic E-state index is 13.1. The molecule has 3 rings (SSSR count). The standard InChI is InChI=1S/C23H27NO3/c1-14(2)17-11-10-16(5)18(12-17)21(25)13-23(27)19-8-6-7-9-20(19)24(15(3)4)22(23)26/h6-12,14-15,27H,13H2,1-5H3/t23-/m0/s1. The van der Waals surface area contributed by atoms with Crippen LogP contribution in [-0.2, 0) is 10.4 Å². The summed E-state index contributed by atoms with van der Waals surface area (Å²) >= 11 is 0. The van der Waals surface area contributed by atoms with Gasteiger partial charge in [-0.1, -0.05) is 44.2 Å². The normalized spacial score (nSPS) is 19.1. The van der Waals surface area contributed by atoms with Gasteiger partial charge in [0.25, 0.3) is 5.91 Å². The van der Waals surface area contributed by atoms with E-state index in [0.29, 0.717) is 22.7 Å². The number of anilines is 1. The molecule has 0 unspecified atom stereocenters. The molecule has 27 heavy (non-hydrogen) atoms. The Hall–Kier alpha value is -2.46. The van der Waals surface area contributed by atoms with Crippen molar-refractivity contribution in [2.45, 2.75) is 58.6 Å². The fourth-order valence-electron chi connectivity index (χ4n) is 3.77. The van der Waals surface area contributed by atoms with Crippen molar-refractivity contribution in [2.75, 3.05) is 4.90 Å². The number of hydrogen-bond donors (Lipinski definition) is 1. The molecule has 1 aliphatic heterocycles. The molecule has 4 nitrogen and oxygen atoms in total. The largest absolute Gasteiger partial charge is 0.375 e. The maximum Gasteiger partial charge on any atom is 0.264 e. The average molecular weight is 365 g/mol. The molecule has 0 spiro atoms. The van der Waals surface area contributed by atoms with Crippen molar-refractivity contribution in [3.63, 3.8) is 0 Å². The van der Waals surface area contributed by atoms with E-state index in [1.54, 1.807) is 17.0 Å². The third-order valence-electron chi connectivity index (χ3n) is 5.34. The second-order valence-electron chi connectivity index (χ2n) is 7.98. The molecule has 0 aromatic heterocycles. The molecule has 4 heteroatoms. The number of aliphatic hydroxyl groups is 1. The number of Topliss-reactive ketones (excluding diaryl/α,β-unsaturated/α-hetero) is 1. The minimum atomic E-state index is -1.82. The molecule has 1 atom stereocenters. The van der Waals surface area contributed by atoms with Crippen LogP contribution in [0.2, 0.25) is 0 Å². The molecule has 0 saturated carbocycles. The third-order valence-corrected chi connectivity index (χ3v) is 5.34. The highest BCUT2D eigenvalue weighted by atomic mass is 16.3. The van der Waals surface area contributed by atoms with E-state index in [2.05, 4.69) is 13.8 Å². The summed E-state index contributed by atoms with van der Waals surface area (Å²) in [5.41, 5.74) is 1.86. The Balaban J connectivity index is 2.01. The highest BCUT2D eigenvalue weighted by molar-refractivity contribution is 6.11. The van der Waals surface area contributed by atoms with E-state index >= 15 is 0 Å². The topological polar surface area (TPSA) is 57.6 Å². The van der Waals surface area contributed by atoms with Gasteiger partial charge in [0.15, 0.2) is 11.4 Å². The van der Waals surface area contributed by atoms with Crippen molar-refractivity contribution in [1.29, 1.82) is 0 Å². The fourth-order valence-corrected chi connectivity index (χ4v) is 3.77. The number of benzene rings is 2. The Kier molecular flexibility index (Phi) is 4.96. The van der Waals surface area contributed by atoms with Crippen molar-refractivity contribution < 1.29 is 14.7 Å². The summed E-state index contributed by atoms with van der Waals surface area (Å²) in [4.78, 5) is 27.8. The van der Waals surface area contributed by atoms with E-state index in [-0.39, 0.29) is 18.2 Å². The smallest absolute Gasteiger partial charge is 0.264 e. The molecule has 2 aromatic carbocycles. The first-order valence-electron chi connectivity index (χ1n) is 9.46. The summed E-state index contributed by atoms with van der Waals surface area (Å²) in [6.07, 6.45) is -0.256. The maximum atomic E-state index is 13.1. The van der Waals surface area contributed by atoms with Crippen molar-refractivity contribution >= 4 is 17.4 Å². The number of fused-ring (bicyclic) bond motifs is 1. The second kappa shape index (κ2) is 6.93. The number of aryl methyl sites for hydroxylation is 1. The zero-order valence-electron chi connectivity index (χ0n) is 16.6. The van der Waals surface area contributed by atoms with Crippen LogP contribution in [-0.4, -0.2) is 22.8 Å². The summed E-state index contributed by atoms with van der Waals surface area (Å²) in [7, 11) is 0. The lowest BCUT2D eigenvalue weighted by Gasteiger charge is -2.25. The van der Waals surface area contributed by atoms with Gasteiger partial charge < -0.3 is 10.0 Å². The highest BCUT2D eigenvalue weighted by Crippen LogP contribution is 2.43. The van der Waals surface area contributed by atoms with Gasteiger partial charge in [-0.25, -0.2) is 0 Å². The van der Waals surface area contributed by atoms with Gasteiger partial charge in [-0.15, -0.1) is 0 Å². The average Bonchev–Trinajstić information content (AvgIpc) is 2.83. The van der Waals surface area contributed by atoms with Crippen LogP contribution in [0.3, 0.4) is 0 Å². The van der Waals surface area contributed by atoms with E-state index in [0.717, 1.165) is 11.1 Å². The quantitative estimate of drug-likeness (QED) is 0.802. The molecule has 1 aliphatic rings. The van der Waals surface area contributed by atoms with Gasteiger partial charge in [0.2, 0.25) is 0 Å². The van der Waals surface area contributed by atoms with Crippen molar-refractivity contribution in [3.05, 3.63) is 64.7 Å². The summed E-state index contributed by atoms with van der Waals surface area (Å²) in [5, 5.41) is 11.3. The number of rotatable bonds is 5. The molecular weight excluding hydrogens is 338 g/mol. The van der Waals surface area contributed by atoms with E-state index in [1.807, 2.05) is 51.1 Å². The van der Waals surface area contributed by atoms with Crippen molar-refractivity contribution in [1.82, 2.24) is 0 Å². The molecule has 2 aromatic rings. The lowest BCUT2D eigenvalue weighted by Crippen LogP contribution is -2.44. The number of amides is 1. The first-order chi connectivity index (χ1) is 12.7. The van der Waals surface area contributed by atoms with Gasteiger partial charge >= 0.3 is 0 Å². The molecule has 0 fully saturated rings. The van der Waals surface area contributed by atoms with Gasteiger partial charge in [-0.3, -0.25) is 9.59 Å². The number of ketones is 1. The van der Waals surface area contributed by atoms with Crippen LogP contribution in [0.15, 0.2) is 42.5 Å². The van der Waals surface area contributed by atoms with Crippen LogP contribution in [0.1, 0.15) is 67.1 Å². The first kappa shape index (κ1) is 19.3. The van der Waals surface area contributed by atoms with E-state index in [4.69, 9.17) is 0 Å². The predicted molar refractivity (Wildman–Crippen MR) is 107 cm³/mol. The molecule has 0 radical (unpaired) electrons. The Bertz CT molecular complexity index is 900. The Morgan fingerprint density at radius 1 is 1.11 bits per heavy atom. The van der Waals surface area contributed by atoms with Crippen LogP contribution in [0, 0.1) is 6.92 Å². The first-order valence-corrected chi connectivity index (χ1v) is 9.46. The van der Waals surface area contributed by atoms with Crippen LogP contribution in [0.5, 0.6) is 0 Å². The lowest BCUT2D eigenvalue weighted by molar-refractivity contribution is -0.136. The monoisotopic (exact) mass is 365 g/mol. The molecule has 1 N–H and O–H groups in total. The number of nitrogens with zero attached hydrogens (tertiary/aromatic N) is 1. The molecule has 0 saturated heterocycles. The number of para-hydroxylation sites is 1. The van der Waals surface area contributed by atoms with Crippen molar-refractivity contribution in [3.8, 4) is 0 Å². The van der Waals surface area contributed by atoms with Crippen molar-refractivity contribution in [2.24, 2.45) is 0 Å². The second-order valence-corrected chi connectivity index (χ2v) is 7.98. The molecule has 142 valence electrons. The summed E-state index contributed by atoms with van der Waals surface area (Å²) in [6, 6.07) is 12.9. The minimum Gasteiger partial charge on any atom is -0.375 e. The minimum absolute atomic E-state index is 0.103. The molecule has 0 bridgehead atoms. The van der Waals surface area contributed by atoms with Gasteiger partial charge in [-0.2, -0.15) is 0 Å². The Morgan fingerprint density at radius 3 is 2.41 bits per heavy atom. The van der Waals surface area contributed by atoms with E-state index in [1.165, 1.54) is 0 Å². The Morgan fingerprint density at radius 2 is 1.78 bits per heavy atom. The van der Waals surface area contributed by atoms with E-state index < -0.39 is 11.5 Å². The zero-order valence-corrected chi connectivity index (χ0v) is 16.6. The van der Waals surface area contributed by atoms with Gasteiger partial charge in [0, 0.05) is 17.2 Å². The van der Waals surface area contributed by atoms with Crippen LogP contribution in [0.4, 0.5) is 5.69 Å². The van der Waals surface area contributed by atoms with Crippen LogP contribution < -0.4 is 4.90 Å². The van der Waals surface area contributed by atoms with E-state index in [9.17, 15) is 14.7 Å². The molecular formula is C23H27NO3. The highest BCUT2D eigenvalue weighted by Gasteiger charge is 2.51. The SMILES string of the molecule is Cc1ccc(C(C)C)cc1C(=O)C[C@@]1(O)C(=O)N(C(C)C)c2ccccc21. The molecule has 1 amide bonds. The summed E-state index contributed by atoms with van der Waals surface area (Å²) in [5.74, 6) is -0.346. The predicted octanol–water partition coefficient (Wildman–Crippen LogP) is 4.33. The van der Waals surface area contributed by atoms with Gasteiger partial charge in [-0.05, 0) is 49.9 Å². The summed E-state index contributed by atoms with van der Waals surface area (Å²) < 4.78 is 0. The van der Waals surface area contributed by atoms with Crippen LogP contribution in [0.25, 0.3) is 0 Å². The van der Waals surface area contributed by atoms with Gasteiger partial charge in [0.05, 0.1) is 12.1 Å². The Labute approximate surface area is 160 Å². The molecule has 1 heterocycles. The third kappa shape index (κ3) is 3.19. The van der Waals surface area contributed by atoms with Gasteiger partial charge in [0.1, 0.15) is 0 Å². The zero-order chi connectivity index (χ0) is 19.9.